The summed E-state index contributed by atoms with van der Waals surface area (Å²) in [4.78, 5) is 17.1. The molecule has 3 rings (SSSR count). The standard InChI is InChI=1S/C17H16ClN3O2S/c1-9(2)13-8-24-17(19-13)20-16(22)14-10(3)23-21-15(14)11-6-4-5-7-12(11)18/h4-9H,1-3H3,(H,19,20,22). The number of rotatable bonds is 4. The highest BCUT2D eigenvalue weighted by molar-refractivity contribution is 7.14. The molecule has 24 heavy (non-hydrogen) atoms. The number of nitrogens with zero attached hydrogens (tertiary/aromatic N) is 2. The summed E-state index contributed by atoms with van der Waals surface area (Å²) >= 11 is 7.61. The van der Waals surface area contributed by atoms with Crippen LogP contribution in [0.15, 0.2) is 34.2 Å². The van der Waals surface area contributed by atoms with Crippen molar-refractivity contribution in [2.75, 3.05) is 5.32 Å². The Morgan fingerprint density at radius 2 is 2.08 bits per heavy atom. The van der Waals surface area contributed by atoms with Gasteiger partial charge in [0.2, 0.25) is 0 Å². The molecule has 0 aliphatic heterocycles. The summed E-state index contributed by atoms with van der Waals surface area (Å²) in [5.74, 6) is 0.430. The van der Waals surface area contributed by atoms with Gasteiger partial charge in [-0.2, -0.15) is 0 Å². The van der Waals surface area contributed by atoms with E-state index in [1.54, 1.807) is 19.1 Å². The van der Waals surface area contributed by atoms with Crippen molar-refractivity contribution in [3.05, 3.63) is 51.7 Å². The average Bonchev–Trinajstić information content (AvgIpc) is 3.14. The summed E-state index contributed by atoms with van der Waals surface area (Å²) in [6, 6.07) is 7.21. The SMILES string of the molecule is Cc1onc(-c2ccccc2Cl)c1C(=O)Nc1nc(C(C)C)cs1. The largest absolute Gasteiger partial charge is 0.360 e. The van der Waals surface area contributed by atoms with Gasteiger partial charge in [-0.15, -0.1) is 11.3 Å². The van der Waals surface area contributed by atoms with Crippen molar-refractivity contribution < 1.29 is 9.32 Å². The van der Waals surface area contributed by atoms with Crippen molar-refractivity contribution in [1.82, 2.24) is 10.1 Å². The summed E-state index contributed by atoms with van der Waals surface area (Å²) in [5.41, 5.74) is 2.40. The molecular weight excluding hydrogens is 346 g/mol. The summed E-state index contributed by atoms with van der Waals surface area (Å²) in [5, 5.41) is 9.82. The van der Waals surface area contributed by atoms with E-state index in [0.29, 0.717) is 38.7 Å². The molecule has 7 heteroatoms. The maximum atomic E-state index is 12.7. The van der Waals surface area contributed by atoms with Gasteiger partial charge in [-0.25, -0.2) is 4.98 Å². The Labute approximate surface area is 148 Å². The molecule has 0 saturated heterocycles. The normalized spacial score (nSPS) is 11.0. The van der Waals surface area contributed by atoms with Gasteiger partial charge in [0.05, 0.1) is 10.7 Å². The van der Waals surface area contributed by atoms with E-state index in [0.717, 1.165) is 5.69 Å². The molecule has 1 amide bonds. The van der Waals surface area contributed by atoms with E-state index in [9.17, 15) is 4.79 Å². The Hall–Kier alpha value is -2.18. The second kappa shape index (κ2) is 6.75. The van der Waals surface area contributed by atoms with Crippen LogP contribution in [0.4, 0.5) is 5.13 Å². The van der Waals surface area contributed by atoms with Crippen molar-refractivity contribution >= 4 is 34.0 Å². The molecule has 2 heterocycles. The molecule has 2 aromatic heterocycles. The van der Waals surface area contributed by atoms with Crippen LogP contribution in [-0.4, -0.2) is 16.0 Å². The highest BCUT2D eigenvalue weighted by Crippen LogP contribution is 2.31. The number of aromatic nitrogens is 2. The number of amides is 1. The molecule has 1 N–H and O–H groups in total. The Bertz CT molecular complexity index is 886. The van der Waals surface area contributed by atoms with E-state index in [1.165, 1.54) is 11.3 Å². The minimum absolute atomic E-state index is 0.308. The van der Waals surface area contributed by atoms with Gasteiger partial charge >= 0.3 is 0 Å². The lowest BCUT2D eigenvalue weighted by Gasteiger charge is -2.04. The third kappa shape index (κ3) is 3.20. The van der Waals surface area contributed by atoms with Crippen molar-refractivity contribution in [2.24, 2.45) is 0 Å². The molecule has 124 valence electrons. The van der Waals surface area contributed by atoms with Crippen LogP contribution in [0.2, 0.25) is 5.02 Å². The molecule has 0 atom stereocenters. The number of carbonyl (C=O) groups is 1. The smallest absolute Gasteiger partial charge is 0.263 e. The number of halogens is 1. The van der Waals surface area contributed by atoms with E-state index in [4.69, 9.17) is 16.1 Å². The predicted molar refractivity (Wildman–Crippen MR) is 95.8 cm³/mol. The minimum Gasteiger partial charge on any atom is -0.360 e. The first kappa shape index (κ1) is 16.7. The van der Waals surface area contributed by atoms with E-state index < -0.39 is 0 Å². The molecule has 0 bridgehead atoms. The monoisotopic (exact) mass is 361 g/mol. The van der Waals surface area contributed by atoms with Crippen LogP contribution in [0.3, 0.4) is 0 Å². The number of thiazole rings is 1. The molecule has 0 spiro atoms. The first-order valence-electron chi connectivity index (χ1n) is 7.45. The first-order chi connectivity index (χ1) is 11.5. The quantitative estimate of drug-likeness (QED) is 0.698. The summed E-state index contributed by atoms with van der Waals surface area (Å²) in [7, 11) is 0. The number of carbonyl (C=O) groups excluding carboxylic acids is 1. The van der Waals surface area contributed by atoms with E-state index >= 15 is 0 Å². The summed E-state index contributed by atoms with van der Waals surface area (Å²) in [6.45, 7) is 5.81. The number of benzene rings is 1. The molecule has 0 aliphatic rings. The number of hydrogen-bond acceptors (Lipinski definition) is 5. The van der Waals surface area contributed by atoms with Crippen molar-refractivity contribution in [1.29, 1.82) is 0 Å². The number of hydrogen-bond donors (Lipinski definition) is 1. The van der Waals surface area contributed by atoms with Crippen LogP contribution in [0.5, 0.6) is 0 Å². The van der Waals surface area contributed by atoms with Crippen molar-refractivity contribution in [3.63, 3.8) is 0 Å². The molecule has 0 radical (unpaired) electrons. The van der Waals surface area contributed by atoms with Crippen LogP contribution in [0.1, 0.15) is 41.6 Å². The maximum absolute atomic E-state index is 12.7. The zero-order valence-electron chi connectivity index (χ0n) is 13.5. The minimum atomic E-state index is -0.312. The Morgan fingerprint density at radius 3 is 2.75 bits per heavy atom. The molecule has 5 nitrogen and oxygen atoms in total. The average molecular weight is 362 g/mol. The van der Waals surface area contributed by atoms with Crippen molar-refractivity contribution in [3.8, 4) is 11.3 Å². The molecule has 0 aliphatic carbocycles. The second-order valence-electron chi connectivity index (χ2n) is 5.63. The van der Waals surface area contributed by atoms with E-state index in [-0.39, 0.29) is 5.91 Å². The van der Waals surface area contributed by atoms with Gasteiger partial charge in [0, 0.05) is 10.9 Å². The van der Waals surface area contributed by atoms with Crippen LogP contribution >= 0.6 is 22.9 Å². The third-order valence-electron chi connectivity index (χ3n) is 3.55. The number of anilines is 1. The molecule has 3 aromatic rings. The Kier molecular flexibility index (Phi) is 4.69. The molecular formula is C17H16ClN3O2S. The van der Waals surface area contributed by atoms with Crippen LogP contribution < -0.4 is 5.32 Å². The fraction of sp³-hybridized carbons (Fsp3) is 0.235. The van der Waals surface area contributed by atoms with E-state index in [2.05, 4.69) is 29.3 Å². The fourth-order valence-corrected chi connectivity index (χ4v) is 3.34. The third-order valence-corrected chi connectivity index (χ3v) is 4.66. The lowest BCUT2D eigenvalue weighted by Crippen LogP contribution is -2.13. The van der Waals surface area contributed by atoms with Gasteiger partial charge < -0.3 is 4.52 Å². The van der Waals surface area contributed by atoms with Gasteiger partial charge in [0.1, 0.15) is 17.0 Å². The van der Waals surface area contributed by atoms with Crippen molar-refractivity contribution in [2.45, 2.75) is 26.7 Å². The Morgan fingerprint density at radius 1 is 1.33 bits per heavy atom. The van der Waals surface area contributed by atoms with Gasteiger partial charge in [0.15, 0.2) is 5.13 Å². The summed E-state index contributed by atoms with van der Waals surface area (Å²) < 4.78 is 5.22. The number of aryl methyl sites for hydroxylation is 1. The number of nitrogens with one attached hydrogen (secondary N) is 1. The molecule has 1 aromatic carbocycles. The Balaban J connectivity index is 1.93. The van der Waals surface area contributed by atoms with Gasteiger partial charge in [0.25, 0.3) is 5.91 Å². The van der Waals surface area contributed by atoms with Gasteiger partial charge in [-0.05, 0) is 18.9 Å². The van der Waals surface area contributed by atoms with Crippen LogP contribution in [0, 0.1) is 6.92 Å². The van der Waals surface area contributed by atoms with Crippen LogP contribution in [-0.2, 0) is 0 Å². The summed E-state index contributed by atoms with van der Waals surface area (Å²) in [6.07, 6.45) is 0. The lowest BCUT2D eigenvalue weighted by atomic mass is 10.1. The molecule has 0 unspecified atom stereocenters. The van der Waals surface area contributed by atoms with Crippen LogP contribution in [0.25, 0.3) is 11.3 Å². The highest BCUT2D eigenvalue weighted by Gasteiger charge is 2.23. The maximum Gasteiger partial charge on any atom is 0.263 e. The lowest BCUT2D eigenvalue weighted by molar-refractivity contribution is 0.102. The molecule has 0 saturated carbocycles. The topological polar surface area (TPSA) is 68.0 Å². The van der Waals surface area contributed by atoms with Gasteiger partial charge in [-0.3, -0.25) is 10.1 Å². The second-order valence-corrected chi connectivity index (χ2v) is 6.89. The predicted octanol–water partition coefficient (Wildman–Crippen LogP) is 5.14. The zero-order chi connectivity index (χ0) is 17.3. The highest BCUT2D eigenvalue weighted by atomic mass is 35.5. The molecule has 0 fully saturated rings. The first-order valence-corrected chi connectivity index (χ1v) is 8.71. The van der Waals surface area contributed by atoms with Gasteiger partial charge in [-0.1, -0.05) is 48.8 Å². The zero-order valence-corrected chi connectivity index (χ0v) is 15.0. The fourth-order valence-electron chi connectivity index (χ4n) is 2.25. The van der Waals surface area contributed by atoms with E-state index in [1.807, 2.05) is 17.5 Å².